The van der Waals surface area contributed by atoms with Gasteiger partial charge in [-0.2, -0.15) is 18.3 Å². The summed E-state index contributed by atoms with van der Waals surface area (Å²) in [4.78, 5) is -0.125. The summed E-state index contributed by atoms with van der Waals surface area (Å²) >= 11 is 5.96. The summed E-state index contributed by atoms with van der Waals surface area (Å²) in [6.07, 6.45) is -4.69. The van der Waals surface area contributed by atoms with Crippen molar-refractivity contribution in [2.45, 2.75) is 25.7 Å². The van der Waals surface area contributed by atoms with Gasteiger partial charge in [0.05, 0.1) is 0 Å². The van der Waals surface area contributed by atoms with E-state index in [1.54, 1.807) is 48.5 Å². The SMILES string of the molecule is CC1=C(S(=O)(=O)NCc2ccccc2)C(c2ccc(Cl)cc2)n2nc(C(F)(F)F)cc2N1. The van der Waals surface area contributed by atoms with Gasteiger partial charge in [-0.15, -0.1) is 0 Å². The summed E-state index contributed by atoms with van der Waals surface area (Å²) in [6, 6.07) is 14.9. The first-order chi connectivity index (χ1) is 15.1. The number of halogens is 4. The quantitative estimate of drug-likeness (QED) is 0.541. The van der Waals surface area contributed by atoms with Gasteiger partial charge < -0.3 is 5.32 Å². The van der Waals surface area contributed by atoms with Crippen molar-refractivity contribution in [3.8, 4) is 0 Å². The molecule has 3 aromatic rings. The molecule has 0 spiro atoms. The highest BCUT2D eigenvalue weighted by molar-refractivity contribution is 7.93. The van der Waals surface area contributed by atoms with Gasteiger partial charge in [0, 0.05) is 23.3 Å². The van der Waals surface area contributed by atoms with E-state index in [4.69, 9.17) is 11.6 Å². The highest BCUT2D eigenvalue weighted by atomic mass is 35.5. The van der Waals surface area contributed by atoms with Crippen LogP contribution in [0.2, 0.25) is 5.02 Å². The second-order valence-corrected chi connectivity index (χ2v) is 9.41. The molecule has 0 aliphatic carbocycles. The van der Waals surface area contributed by atoms with Crippen LogP contribution in [0.25, 0.3) is 0 Å². The zero-order valence-corrected chi connectivity index (χ0v) is 18.3. The molecule has 6 nitrogen and oxygen atoms in total. The molecule has 11 heteroatoms. The number of alkyl halides is 3. The fourth-order valence-electron chi connectivity index (χ4n) is 3.53. The van der Waals surface area contributed by atoms with Crippen LogP contribution in [0.3, 0.4) is 0 Å². The molecule has 2 aromatic carbocycles. The Bertz CT molecular complexity index is 1270. The number of hydrogen-bond acceptors (Lipinski definition) is 4. The van der Waals surface area contributed by atoms with Crippen LogP contribution in [0.4, 0.5) is 19.0 Å². The normalized spacial score (nSPS) is 16.6. The molecule has 1 aliphatic rings. The van der Waals surface area contributed by atoms with Crippen molar-refractivity contribution in [2.24, 2.45) is 0 Å². The maximum atomic E-state index is 13.3. The number of benzene rings is 2. The van der Waals surface area contributed by atoms with Crippen molar-refractivity contribution < 1.29 is 21.6 Å². The number of nitrogens with zero attached hydrogens (tertiary/aromatic N) is 2. The number of anilines is 1. The summed E-state index contributed by atoms with van der Waals surface area (Å²) in [5.74, 6) is 0.0387. The van der Waals surface area contributed by atoms with Crippen LogP contribution in [0.15, 0.2) is 71.3 Å². The molecule has 0 fully saturated rings. The van der Waals surface area contributed by atoms with Crippen LogP contribution in [0.1, 0.15) is 29.8 Å². The Labute approximate surface area is 187 Å². The number of nitrogens with one attached hydrogen (secondary N) is 2. The fraction of sp³-hybridized carbons (Fsp3) is 0.190. The Hall–Kier alpha value is -2.82. The zero-order valence-electron chi connectivity index (χ0n) is 16.7. The smallest absolute Gasteiger partial charge is 0.343 e. The molecule has 1 atom stereocenters. The minimum absolute atomic E-state index is 0.0209. The second kappa shape index (κ2) is 8.27. The van der Waals surface area contributed by atoms with E-state index in [0.29, 0.717) is 10.6 Å². The third kappa shape index (κ3) is 4.38. The number of allylic oxidation sites excluding steroid dienone is 2. The first-order valence-electron chi connectivity index (χ1n) is 9.50. The van der Waals surface area contributed by atoms with Crippen molar-refractivity contribution in [2.75, 3.05) is 5.32 Å². The summed E-state index contributed by atoms with van der Waals surface area (Å²) in [5, 5.41) is 6.85. The molecule has 4 rings (SSSR count). The molecule has 0 bridgehead atoms. The van der Waals surface area contributed by atoms with Crippen molar-refractivity contribution >= 4 is 27.4 Å². The van der Waals surface area contributed by atoms with Crippen molar-refractivity contribution in [3.05, 3.63) is 93.1 Å². The lowest BCUT2D eigenvalue weighted by Crippen LogP contribution is -2.34. The van der Waals surface area contributed by atoms with E-state index in [-0.39, 0.29) is 23.0 Å². The van der Waals surface area contributed by atoms with E-state index in [0.717, 1.165) is 16.3 Å². The van der Waals surface area contributed by atoms with Crippen molar-refractivity contribution in [1.29, 1.82) is 0 Å². The molecule has 0 saturated carbocycles. The van der Waals surface area contributed by atoms with Crippen LogP contribution in [-0.4, -0.2) is 18.2 Å². The molecule has 168 valence electrons. The molecule has 2 heterocycles. The molecule has 0 radical (unpaired) electrons. The summed E-state index contributed by atoms with van der Waals surface area (Å²) in [6.45, 7) is 1.52. The second-order valence-electron chi connectivity index (χ2n) is 7.24. The Kier molecular flexibility index (Phi) is 5.78. The average molecular weight is 483 g/mol. The highest BCUT2D eigenvalue weighted by Crippen LogP contribution is 2.41. The molecule has 1 unspecified atom stereocenters. The standard InChI is InChI=1S/C21H18ClF3N4O2S/c1-13-20(32(30,31)26-12-14-5-3-2-4-6-14)19(15-7-9-16(22)10-8-15)29-18(27-13)11-17(28-29)21(23,24)25/h2-11,19,26-27H,12H2,1H3. The lowest BCUT2D eigenvalue weighted by molar-refractivity contribution is -0.141. The van der Waals surface area contributed by atoms with Crippen molar-refractivity contribution in [1.82, 2.24) is 14.5 Å². The number of hydrogen-bond donors (Lipinski definition) is 2. The third-order valence-electron chi connectivity index (χ3n) is 4.99. The highest BCUT2D eigenvalue weighted by Gasteiger charge is 2.41. The van der Waals surface area contributed by atoms with E-state index in [9.17, 15) is 21.6 Å². The first-order valence-corrected chi connectivity index (χ1v) is 11.4. The Morgan fingerprint density at radius 2 is 1.78 bits per heavy atom. The van der Waals surface area contributed by atoms with Gasteiger partial charge in [-0.25, -0.2) is 17.8 Å². The lowest BCUT2D eigenvalue weighted by Gasteiger charge is -2.30. The van der Waals surface area contributed by atoms with E-state index >= 15 is 0 Å². The summed E-state index contributed by atoms with van der Waals surface area (Å²) in [5.41, 5.74) is 0.239. The fourth-order valence-corrected chi connectivity index (χ4v) is 5.15. The van der Waals surface area contributed by atoms with Crippen LogP contribution in [-0.2, 0) is 22.7 Å². The van der Waals surface area contributed by atoms with Gasteiger partial charge in [0.25, 0.3) is 0 Å². The predicted octanol–water partition coefficient (Wildman–Crippen LogP) is 4.92. The molecule has 1 aromatic heterocycles. The van der Waals surface area contributed by atoms with Crippen LogP contribution in [0.5, 0.6) is 0 Å². The molecular weight excluding hydrogens is 465 g/mol. The Balaban J connectivity index is 1.80. The number of rotatable bonds is 5. The van der Waals surface area contributed by atoms with Gasteiger partial charge >= 0.3 is 6.18 Å². The maximum Gasteiger partial charge on any atom is 0.435 e. The minimum Gasteiger partial charge on any atom is -0.343 e. The van der Waals surface area contributed by atoms with Gasteiger partial charge in [-0.05, 0) is 30.2 Å². The number of sulfonamides is 1. The van der Waals surface area contributed by atoms with E-state index in [2.05, 4.69) is 15.1 Å². The van der Waals surface area contributed by atoms with Gasteiger partial charge in [0.1, 0.15) is 16.8 Å². The van der Waals surface area contributed by atoms with Gasteiger partial charge in [0.15, 0.2) is 5.69 Å². The lowest BCUT2D eigenvalue weighted by atomic mass is 10.0. The molecule has 0 amide bonds. The van der Waals surface area contributed by atoms with Crippen LogP contribution in [0, 0.1) is 0 Å². The number of fused-ring (bicyclic) bond motifs is 1. The third-order valence-corrected chi connectivity index (χ3v) is 6.87. The largest absolute Gasteiger partial charge is 0.435 e. The van der Waals surface area contributed by atoms with E-state index in [1.807, 2.05) is 6.07 Å². The Morgan fingerprint density at radius 3 is 2.41 bits per heavy atom. The number of aromatic nitrogens is 2. The molecule has 1 aliphatic heterocycles. The molecule has 32 heavy (non-hydrogen) atoms. The monoisotopic (exact) mass is 482 g/mol. The summed E-state index contributed by atoms with van der Waals surface area (Å²) in [7, 11) is -4.12. The maximum absolute atomic E-state index is 13.3. The van der Waals surface area contributed by atoms with Gasteiger partial charge in [0.2, 0.25) is 10.0 Å². The predicted molar refractivity (Wildman–Crippen MR) is 115 cm³/mol. The van der Waals surface area contributed by atoms with Crippen molar-refractivity contribution in [3.63, 3.8) is 0 Å². The van der Waals surface area contributed by atoms with E-state index in [1.165, 1.54) is 6.92 Å². The average Bonchev–Trinajstić information content (AvgIpc) is 3.17. The molecule has 0 saturated heterocycles. The zero-order chi connectivity index (χ0) is 23.1. The Morgan fingerprint density at radius 1 is 1.12 bits per heavy atom. The topological polar surface area (TPSA) is 76.0 Å². The summed E-state index contributed by atoms with van der Waals surface area (Å²) < 4.78 is 70.2. The van der Waals surface area contributed by atoms with E-state index < -0.39 is 27.9 Å². The van der Waals surface area contributed by atoms with Crippen LogP contribution < -0.4 is 10.0 Å². The van der Waals surface area contributed by atoms with Gasteiger partial charge in [-0.1, -0.05) is 54.1 Å². The first kappa shape index (κ1) is 22.4. The van der Waals surface area contributed by atoms with Crippen LogP contribution >= 0.6 is 11.6 Å². The molecule has 2 N–H and O–H groups in total. The molecular formula is C21H18ClF3N4O2S. The van der Waals surface area contributed by atoms with Gasteiger partial charge in [-0.3, -0.25) is 0 Å². The minimum atomic E-state index is -4.69.